The largest absolute Gasteiger partial charge is 0.370 e. The molecule has 3 rings (SSSR count). The summed E-state index contributed by atoms with van der Waals surface area (Å²) >= 11 is 0. The van der Waals surface area contributed by atoms with Gasteiger partial charge in [-0.1, -0.05) is 0 Å². The molecule has 2 heterocycles. The second-order valence-corrected chi connectivity index (χ2v) is 6.93. The Morgan fingerprint density at radius 3 is 2.96 bits per heavy atom. The molecule has 1 saturated heterocycles. The fraction of sp³-hybridized carbons (Fsp3) is 0.765. The van der Waals surface area contributed by atoms with Crippen LogP contribution in [-0.2, 0) is 11.8 Å². The Kier molecular flexibility index (Phi) is 5.40. The number of aryl methyl sites for hydroxylation is 1. The van der Waals surface area contributed by atoms with Crippen LogP contribution in [0.5, 0.6) is 0 Å². The minimum absolute atomic E-state index is 0.0533. The molecule has 1 aliphatic heterocycles. The number of nitrogens with one attached hydrogen (secondary N) is 1. The number of hydrogen-bond donors (Lipinski definition) is 1. The quantitative estimate of drug-likeness (QED) is 0.639. The van der Waals surface area contributed by atoms with E-state index in [0.717, 1.165) is 37.2 Å². The summed E-state index contributed by atoms with van der Waals surface area (Å²) in [5.74, 6) is 0.961. The molecule has 24 heavy (non-hydrogen) atoms. The molecule has 0 amide bonds. The first-order valence-electron chi connectivity index (χ1n) is 8.86. The van der Waals surface area contributed by atoms with Crippen LogP contribution in [0.2, 0.25) is 0 Å². The second-order valence-electron chi connectivity index (χ2n) is 6.93. The number of likely N-dealkylation sites (N-methyl/N-ethyl adjacent to an activating group) is 1. The maximum Gasteiger partial charge on any atom is 0.193 e. The molecule has 0 spiro atoms. The number of aromatic nitrogens is 2. The molecule has 1 aromatic heterocycles. The Bertz CT molecular complexity index is 567. The predicted molar refractivity (Wildman–Crippen MR) is 95.1 cm³/mol. The van der Waals surface area contributed by atoms with Gasteiger partial charge in [-0.05, 0) is 26.8 Å². The van der Waals surface area contributed by atoms with E-state index in [1.54, 1.807) is 0 Å². The van der Waals surface area contributed by atoms with Crippen LogP contribution >= 0.6 is 0 Å². The van der Waals surface area contributed by atoms with E-state index in [0.29, 0.717) is 12.6 Å². The molecule has 1 N–H and O–H groups in total. The number of guanidine groups is 1. The summed E-state index contributed by atoms with van der Waals surface area (Å²) in [7, 11) is 6.01. The van der Waals surface area contributed by atoms with Crippen LogP contribution < -0.4 is 5.32 Å². The van der Waals surface area contributed by atoms with Crippen molar-refractivity contribution in [2.45, 2.75) is 38.0 Å². The Morgan fingerprint density at radius 1 is 1.54 bits per heavy atom. The maximum atomic E-state index is 5.92. The lowest BCUT2D eigenvalue weighted by atomic mass is 10.1. The summed E-state index contributed by atoms with van der Waals surface area (Å²) in [5.41, 5.74) is 1.12. The van der Waals surface area contributed by atoms with Crippen molar-refractivity contribution in [2.75, 3.05) is 40.3 Å². The predicted octanol–water partition coefficient (Wildman–Crippen LogP) is 0.852. The molecule has 2 fully saturated rings. The molecule has 2 aliphatic rings. The topological polar surface area (TPSA) is 57.9 Å². The van der Waals surface area contributed by atoms with Crippen LogP contribution in [-0.4, -0.2) is 78.0 Å². The second kappa shape index (κ2) is 7.53. The lowest BCUT2D eigenvalue weighted by Gasteiger charge is -2.35. The van der Waals surface area contributed by atoms with E-state index in [2.05, 4.69) is 39.2 Å². The molecule has 1 aromatic rings. The zero-order chi connectivity index (χ0) is 17.1. The molecule has 2 atom stereocenters. The Balaban J connectivity index is 1.54. The van der Waals surface area contributed by atoms with Gasteiger partial charge in [0.2, 0.25) is 0 Å². The number of nitrogens with zero attached hydrogens (tertiary/aromatic N) is 5. The standard InChI is InChI=1S/C17H30N6O/c1-13(22(4)15-5-6-15)9-19-17(18-2)23-7-8-24-16(12-23)14-10-20-21(3)11-14/h10-11,13,15-16H,5-9,12H2,1-4H3,(H,18,19). The van der Waals surface area contributed by atoms with E-state index in [4.69, 9.17) is 4.74 Å². The number of ether oxygens (including phenoxy) is 1. The monoisotopic (exact) mass is 334 g/mol. The van der Waals surface area contributed by atoms with Gasteiger partial charge in [0.15, 0.2) is 5.96 Å². The Labute approximate surface area is 144 Å². The molecule has 1 aliphatic carbocycles. The summed E-state index contributed by atoms with van der Waals surface area (Å²) in [5, 5.41) is 7.79. The van der Waals surface area contributed by atoms with Crippen LogP contribution in [0.3, 0.4) is 0 Å². The van der Waals surface area contributed by atoms with Crippen molar-refractivity contribution in [3.05, 3.63) is 18.0 Å². The molecule has 1 saturated carbocycles. The van der Waals surface area contributed by atoms with E-state index in [9.17, 15) is 0 Å². The van der Waals surface area contributed by atoms with Crippen molar-refractivity contribution in [1.82, 2.24) is 24.9 Å². The lowest BCUT2D eigenvalue weighted by molar-refractivity contribution is -0.00811. The third-order valence-corrected chi connectivity index (χ3v) is 5.05. The SMILES string of the molecule is CN=C(NCC(C)N(C)C1CC1)N1CCOC(c2cnn(C)c2)C1. The number of aliphatic imine (C=N–C) groups is 1. The maximum absolute atomic E-state index is 5.92. The van der Waals surface area contributed by atoms with Crippen molar-refractivity contribution in [3.8, 4) is 0 Å². The van der Waals surface area contributed by atoms with Crippen LogP contribution in [0.25, 0.3) is 0 Å². The van der Waals surface area contributed by atoms with E-state index >= 15 is 0 Å². The van der Waals surface area contributed by atoms with Gasteiger partial charge < -0.3 is 15.0 Å². The molecular formula is C17H30N6O. The van der Waals surface area contributed by atoms with E-state index in [1.165, 1.54) is 12.8 Å². The first-order chi connectivity index (χ1) is 11.6. The number of hydrogen-bond acceptors (Lipinski definition) is 4. The highest BCUT2D eigenvalue weighted by molar-refractivity contribution is 5.80. The van der Waals surface area contributed by atoms with Gasteiger partial charge in [-0.15, -0.1) is 0 Å². The van der Waals surface area contributed by atoms with Crippen LogP contribution in [0.15, 0.2) is 17.4 Å². The lowest BCUT2D eigenvalue weighted by Crippen LogP contribution is -2.51. The third kappa shape index (κ3) is 4.08. The molecule has 0 aromatic carbocycles. The average molecular weight is 334 g/mol. The average Bonchev–Trinajstić information content (AvgIpc) is 3.36. The molecule has 0 radical (unpaired) electrons. The molecule has 134 valence electrons. The van der Waals surface area contributed by atoms with Crippen LogP contribution in [0.1, 0.15) is 31.4 Å². The highest BCUT2D eigenvalue weighted by Crippen LogP contribution is 2.26. The van der Waals surface area contributed by atoms with Crippen molar-refractivity contribution in [2.24, 2.45) is 12.0 Å². The molecule has 0 bridgehead atoms. The van der Waals surface area contributed by atoms with Gasteiger partial charge in [0, 0.05) is 51.0 Å². The molecular weight excluding hydrogens is 304 g/mol. The highest BCUT2D eigenvalue weighted by atomic mass is 16.5. The van der Waals surface area contributed by atoms with Crippen molar-refractivity contribution >= 4 is 5.96 Å². The minimum atomic E-state index is 0.0533. The van der Waals surface area contributed by atoms with Crippen molar-refractivity contribution < 1.29 is 4.74 Å². The smallest absolute Gasteiger partial charge is 0.193 e. The summed E-state index contributed by atoms with van der Waals surface area (Å²) in [6.45, 7) is 5.56. The van der Waals surface area contributed by atoms with E-state index in [-0.39, 0.29) is 6.10 Å². The molecule has 2 unspecified atom stereocenters. The van der Waals surface area contributed by atoms with Gasteiger partial charge in [-0.3, -0.25) is 14.6 Å². The summed E-state index contributed by atoms with van der Waals surface area (Å²) in [6.07, 6.45) is 6.64. The van der Waals surface area contributed by atoms with Crippen molar-refractivity contribution in [1.29, 1.82) is 0 Å². The minimum Gasteiger partial charge on any atom is -0.370 e. The Morgan fingerprint density at radius 2 is 2.33 bits per heavy atom. The fourth-order valence-corrected chi connectivity index (χ4v) is 3.21. The van der Waals surface area contributed by atoms with Crippen molar-refractivity contribution in [3.63, 3.8) is 0 Å². The van der Waals surface area contributed by atoms with Gasteiger partial charge >= 0.3 is 0 Å². The fourth-order valence-electron chi connectivity index (χ4n) is 3.21. The van der Waals surface area contributed by atoms with Gasteiger partial charge in [-0.2, -0.15) is 5.10 Å². The van der Waals surface area contributed by atoms with Gasteiger partial charge in [0.25, 0.3) is 0 Å². The first kappa shape index (κ1) is 17.2. The number of rotatable bonds is 5. The van der Waals surface area contributed by atoms with Crippen LogP contribution in [0, 0.1) is 0 Å². The van der Waals surface area contributed by atoms with Gasteiger partial charge in [0.05, 0.1) is 19.3 Å². The van der Waals surface area contributed by atoms with Crippen LogP contribution in [0.4, 0.5) is 0 Å². The molecule has 7 nitrogen and oxygen atoms in total. The summed E-state index contributed by atoms with van der Waals surface area (Å²) in [4.78, 5) is 9.23. The zero-order valence-corrected chi connectivity index (χ0v) is 15.3. The third-order valence-electron chi connectivity index (χ3n) is 5.05. The van der Waals surface area contributed by atoms with E-state index in [1.807, 2.05) is 31.2 Å². The highest BCUT2D eigenvalue weighted by Gasteiger charge is 2.30. The zero-order valence-electron chi connectivity index (χ0n) is 15.3. The van der Waals surface area contributed by atoms with Gasteiger partial charge in [0.1, 0.15) is 6.10 Å². The normalized spacial score (nSPS) is 23.6. The summed E-state index contributed by atoms with van der Waals surface area (Å²) in [6, 6.07) is 1.28. The Hall–Kier alpha value is -1.60. The molecule has 7 heteroatoms. The number of morpholine rings is 1. The van der Waals surface area contributed by atoms with Gasteiger partial charge in [-0.25, -0.2) is 0 Å². The van der Waals surface area contributed by atoms with E-state index < -0.39 is 0 Å². The summed E-state index contributed by atoms with van der Waals surface area (Å²) < 4.78 is 7.74. The first-order valence-corrected chi connectivity index (χ1v) is 8.86.